The third-order valence-corrected chi connectivity index (χ3v) is 4.43. The van der Waals surface area contributed by atoms with Crippen LogP contribution in [0.4, 0.5) is 0 Å². The van der Waals surface area contributed by atoms with Crippen molar-refractivity contribution in [1.82, 2.24) is 0 Å². The molecule has 0 bridgehead atoms. The number of hydrogen-bond acceptors (Lipinski definition) is 1. The largest absolute Gasteiger partial charge is 0.294 e. The Balaban J connectivity index is 2.10. The molecule has 0 aliphatic heterocycles. The zero-order valence-electron chi connectivity index (χ0n) is 10.7. The molecular weight excluding hydrogens is 196 g/mol. The standard InChI is InChI=1S/C15H24O/c1-15(2)11-7-6-10-13(15)14(16)12-8-4-3-5-9-12/h8,13H,3-7,9-11H2,1-2H3. The molecule has 1 unspecified atom stereocenters. The van der Waals surface area contributed by atoms with Gasteiger partial charge in [-0.15, -0.1) is 0 Å². The molecule has 1 fully saturated rings. The minimum absolute atomic E-state index is 0.230. The van der Waals surface area contributed by atoms with Gasteiger partial charge in [-0.1, -0.05) is 32.8 Å². The fourth-order valence-corrected chi connectivity index (χ4v) is 3.27. The van der Waals surface area contributed by atoms with Gasteiger partial charge in [-0.25, -0.2) is 0 Å². The van der Waals surface area contributed by atoms with E-state index in [0.717, 1.165) is 24.8 Å². The monoisotopic (exact) mass is 220 g/mol. The summed E-state index contributed by atoms with van der Waals surface area (Å²) >= 11 is 0. The lowest BCUT2D eigenvalue weighted by Gasteiger charge is -2.38. The number of carbonyl (C=O) groups excluding carboxylic acids is 1. The van der Waals surface area contributed by atoms with Gasteiger partial charge in [-0.05, 0) is 49.5 Å². The second-order valence-corrected chi connectivity index (χ2v) is 6.13. The molecule has 0 amide bonds. The van der Waals surface area contributed by atoms with Crippen LogP contribution < -0.4 is 0 Å². The van der Waals surface area contributed by atoms with Gasteiger partial charge in [0, 0.05) is 5.92 Å². The second-order valence-electron chi connectivity index (χ2n) is 6.13. The predicted octanol–water partition coefficient (Wildman–Crippen LogP) is 4.27. The SMILES string of the molecule is CC1(C)CCCCC1C(=O)C1=CCCCC1. The summed E-state index contributed by atoms with van der Waals surface area (Å²) in [5.41, 5.74) is 1.37. The van der Waals surface area contributed by atoms with Gasteiger partial charge in [0.15, 0.2) is 5.78 Å². The van der Waals surface area contributed by atoms with Crippen molar-refractivity contribution in [3.63, 3.8) is 0 Å². The van der Waals surface area contributed by atoms with Crippen molar-refractivity contribution >= 4 is 5.78 Å². The third kappa shape index (κ3) is 2.39. The van der Waals surface area contributed by atoms with E-state index in [-0.39, 0.29) is 5.41 Å². The highest BCUT2D eigenvalue weighted by Gasteiger charge is 2.37. The molecule has 0 aromatic heterocycles. The molecule has 0 aromatic carbocycles. The van der Waals surface area contributed by atoms with E-state index in [2.05, 4.69) is 19.9 Å². The van der Waals surface area contributed by atoms with Crippen molar-refractivity contribution in [2.24, 2.45) is 11.3 Å². The fraction of sp³-hybridized carbons (Fsp3) is 0.800. The van der Waals surface area contributed by atoms with E-state index in [4.69, 9.17) is 0 Å². The Morgan fingerprint density at radius 1 is 1.25 bits per heavy atom. The summed E-state index contributed by atoms with van der Waals surface area (Å²) in [6, 6.07) is 0. The molecule has 1 saturated carbocycles. The maximum absolute atomic E-state index is 12.5. The first-order chi connectivity index (χ1) is 7.61. The van der Waals surface area contributed by atoms with Crippen molar-refractivity contribution < 1.29 is 4.79 Å². The lowest BCUT2D eigenvalue weighted by molar-refractivity contribution is -0.124. The van der Waals surface area contributed by atoms with Crippen LogP contribution in [0.25, 0.3) is 0 Å². The van der Waals surface area contributed by atoms with Crippen LogP contribution >= 0.6 is 0 Å². The highest BCUT2D eigenvalue weighted by molar-refractivity contribution is 5.97. The van der Waals surface area contributed by atoms with Crippen LogP contribution in [0.1, 0.15) is 65.2 Å². The Morgan fingerprint density at radius 2 is 2.06 bits per heavy atom. The normalized spacial score (nSPS) is 29.6. The van der Waals surface area contributed by atoms with E-state index in [1.165, 1.54) is 32.1 Å². The number of rotatable bonds is 2. The van der Waals surface area contributed by atoms with Crippen LogP contribution in [0.2, 0.25) is 0 Å². The number of allylic oxidation sites excluding steroid dienone is 2. The number of carbonyl (C=O) groups is 1. The van der Waals surface area contributed by atoms with Crippen molar-refractivity contribution in [2.75, 3.05) is 0 Å². The van der Waals surface area contributed by atoms with Gasteiger partial charge in [0.25, 0.3) is 0 Å². The quantitative estimate of drug-likeness (QED) is 0.679. The van der Waals surface area contributed by atoms with E-state index in [1.807, 2.05) is 0 Å². The Morgan fingerprint density at radius 3 is 2.69 bits per heavy atom. The predicted molar refractivity (Wildman–Crippen MR) is 67.3 cm³/mol. The summed E-state index contributed by atoms with van der Waals surface area (Å²) in [5, 5.41) is 0. The molecule has 1 nitrogen and oxygen atoms in total. The summed E-state index contributed by atoms with van der Waals surface area (Å²) in [6.45, 7) is 4.55. The van der Waals surface area contributed by atoms with E-state index in [9.17, 15) is 4.79 Å². The molecule has 2 aliphatic carbocycles. The second kappa shape index (κ2) is 4.73. The Bertz CT molecular complexity index is 299. The molecule has 0 radical (unpaired) electrons. The lowest BCUT2D eigenvalue weighted by Crippen LogP contribution is -2.35. The Kier molecular flexibility index (Phi) is 3.51. The molecule has 1 heteroatoms. The molecule has 0 N–H and O–H groups in total. The molecule has 2 rings (SSSR count). The van der Waals surface area contributed by atoms with Crippen molar-refractivity contribution in [1.29, 1.82) is 0 Å². The maximum atomic E-state index is 12.5. The van der Waals surface area contributed by atoms with Gasteiger partial charge in [0.05, 0.1) is 0 Å². The van der Waals surface area contributed by atoms with Crippen LogP contribution in [0.3, 0.4) is 0 Å². The number of Topliss-reactive ketones (excluding diaryl/α,β-unsaturated/α-hetero) is 1. The van der Waals surface area contributed by atoms with Crippen LogP contribution in [0, 0.1) is 11.3 Å². The molecule has 2 aliphatic rings. The number of ketones is 1. The molecular formula is C15H24O. The summed E-state index contributed by atoms with van der Waals surface area (Å²) in [5.74, 6) is 0.773. The van der Waals surface area contributed by atoms with Crippen molar-refractivity contribution in [3.8, 4) is 0 Å². The molecule has 0 saturated heterocycles. The molecule has 16 heavy (non-hydrogen) atoms. The molecule has 0 spiro atoms. The summed E-state index contributed by atoms with van der Waals surface area (Å²) in [7, 11) is 0. The van der Waals surface area contributed by atoms with E-state index < -0.39 is 0 Å². The Hall–Kier alpha value is -0.590. The zero-order chi connectivity index (χ0) is 11.6. The van der Waals surface area contributed by atoms with Gasteiger partial charge in [0.2, 0.25) is 0 Å². The Labute approximate surface area is 99.3 Å². The van der Waals surface area contributed by atoms with Crippen LogP contribution in [-0.2, 0) is 4.79 Å². The highest BCUT2D eigenvalue weighted by atomic mass is 16.1. The van der Waals surface area contributed by atoms with Gasteiger partial charge >= 0.3 is 0 Å². The topological polar surface area (TPSA) is 17.1 Å². The summed E-state index contributed by atoms with van der Waals surface area (Å²) in [6.07, 6.45) is 11.7. The maximum Gasteiger partial charge on any atom is 0.162 e. The summed E-state index contributed by atoms with van der Waals surface area (Å²) in [4.78, 5) is 12.5. The first kappa shape index (κ1) is 11.9. The van der Waals surface area contributed by atoms with Crippen LogP contribution in [0.5, 0.6) is 0 Å². The molecule has 90 valence electrons. The zero-order valence-corrected chi connectivity index (χ0v) is 10.7. The van der Waals surface area contributed by atoms with Crippen molar-refractivity contribution in [3.05, 3.63) is 11.6 Å². The van der Waals surface area contributed by atoms with Crippen molar-refractivity contribution in [2.45, 2.75) is 65.2 Å². The van der Waals surface area contributed by atoms with E-state index in [1.54, 1.807) is 0 Å². The van der Waals surface area contributed by atoms with E-state index >= 15 is 0 Å². The average Bonchev–Trinajstić information content (AvgIpc) is 2.29. The summed E-state index contributed by atoms with van der Waals surface area (Å²) < 4.78 is 0. The number of hydrogen-bond donors (Lipinski definition) is 0. The lowest BCUT2D eigenvalue weighted by atomic mass is 9.65. The highest BCUT2D eigenvalue weighted by Crippen LogP contribution is 2.42. The van der Waals surface area contributed by atoms with Crippen LogP contribution in [0.15, 0.2) is 11.6 Å². The van der Waals surface area contributed by atoms with Crippen LogP contribution in [-0.4, -0.2) is 5.78 Å². The first-order valence-electron chi connectivity index (χ1n) is 6.84. The molecule has 1 atom stereocenters. The van der Waals surface area contributed by atoms with Gasteiger partial charge in [0.1, 0.15) is 0 Å². The molecule has 0 heterocycles. The van der Waals surface area contributed by atoms with Gasteiger partial charge < -0.3 is 0 Å². The fourth-order valence-electron chi connectivity index (χ4n) is 3.27. The molecule has 0 aromatic rings. The third-order valence-electron chi connectivity index (χ3n) is 4.43. The minimum atomic E-state index is 0.230. The van der Waals surface area contributed by atoms with E-state index in [0.29, 0.717) is 11.7 Å². The average molecular weight is 220 g/mol. The van der Waals surface area contributed by atoms with Gasteiger partial charge in [-0.2, -0.15) is 0 Å². The minimum Gasteiger partial charge on any atom is -0.294 e. The smallest absolute Gasteiger partial charge is 0.162 e. The van der Waals surface area contributed by atoms with Gasteiger partial charge in [-0.3, -0.25) is 4.79 Å². The first-order valence-corrected chi connectivity index (χ1v) is 6.84.